The Balaban J connectivity index is 2.12. The molecule has 2 aliphatic rings. The molecule has 0 unspecified atom stereocenters. The molecule has 1 heterocycles. The first-order valence-electron chi connectivity index (χ1n) is 6.67. The molecule has 0 radical (unpaired) electrons. The molecule has 1 amide bonds. The van der Waals surface area contributed by atoms with Crippen molar-refractivity contribution in [2.45, 2.75) is 39.0 Å². The molecule has 0 aromatic heterocycles. The third-order valence-corrected chi connectivity index (χ3v) is 4.37. The summed E-state index contributed by atoms with van der Waals surface area (Å²) >= 11 is 0. The van der Waals surface area contributed by atoms with Crippen LogP contribution in [-0.4, -0.2) is 37.5 Å². The van der Waals surface area contributed by atoms with Gasteiger partial charge in [-0.2, -0.15) is 0 Å². The highest BCUT2D eigenvalue weighted by atomic mass is 16.2. The largest absolute Gasteiger partial charge is 0.345 e. The van der Waals surface area contributed by atoms with Crippen LogP contribution in [0.1, 0.15) is 39.0 Å². The molecule has 0 spiro atoms. The lowest BCUT2D eigenvalue weighted by molar-refractivity contribution is -0.144. The average Bonchev–Trinajstić information content (AvgIpc) is 2.73. The van der Waals surface area contributed by atoms with E-state index < -0.39 is 0 Å². The number of amides is 1. The van der Waals surface area contributed by atoms with E-state index in [2.05, 4.69) is 12.2 Å². The number of hydrogen-bond donors (Lipinski definition) is 1. The predicted molar refractivity (Wildman–Crippen MR) is 65.2 cm³/mol. The molecule has 0 bridgehead atoms. The fourth-order valence-corrected chi connectivity index (χ4v) is 3.49. The van der Waals surface area contributed by atoms with Gasteiger partial charge >= 0.3 is 0 Å². The first kappa shape index (κ1) is 11.9. The Hall–Kier alpha value is -0.570. The number of nitrogens with zero attached hydrogens (tertiary/aromatic N) is 1. The Morgan fingerprint density at radius 1 is 1.50 bits per heavy atom. The summed E-state index contributed by atoms with van der Waals surface area (Å²) in [6, 6.07) is 0. The monoisotopic (exact) mass is 224 g/mol. The topological polar surface area (TPSA) is 32.3 Å². The summed E-state index contributed by atoms with van der Waals surface area (Å²) in [4.78, 5) is 14.5. The quantitative estimate of drug-likeness (QED) is 0.790. The highest BCUT2D eigenvalue weighted by molar-refractivity contribution is 5.83. The number of rotatable bonds is 3. The van der Waals surface area contributed by atoms with Gasteiger partial charge in [0.2, 0.25) is 5.91 Å². The van der Waals surface area contributed by atoms with E-state index in [0.29, 0.717) is 11.8 Å². The van der Waals surface area contributed by atoms with E-state index in [1.807, 2.05) is 11.9 Å². The molecule has 3 heteroatoms. The van der Waals surface area contributed by atoms with Crippen LogP contribution >= 0.6 is 0 Å². The van der Waals surface area contributed by atoms with Crippen LogP contribution in [-0.2, 0) is 4.79 Å². The smallest absolute Gasteiger partial charge is 0.230 e. The second-order valence-corrected chi connectivity index (χ2v) is 5.46. The van der Waals surface area contributed by atoms with Crippen molar-refractivity contribution in [2.75, 3.05) is 26.7 Å². The van der Waals surface area contributed by atoms with Gasteiger partial charge in [-0.1, -0.05) is 19.8 Å². The van der Waals surface area contributed by atoms with Crippen molar-refractivity contribution >= 4 is 5.91 Å². The van der Waals surface area contributed by atoms with E-state index in [1.54, 1.807) is 0 Å². The molecule has 1 N–H and O–H groups in total. The summed E-state index contributed by atoms with van der Waals surface area (Å²) in [5.74, 6) is 0.983. The minimum atomic E-state index is -0.0534. The van der Waals surface area contributed by atoms with E-state index in [0.717, 1.165) is 32.5 Å². The molecular formula is C13H24N2O. The minimum absolute atomic E-state index is 0.0534. The van der Waals surface area contributed by atoms with E-state index in [1.165, 1.54) is 19.3 Å². The van der Waals surface area contributed by atoms with Crippen LogP contribution in [0.4, 0.5) is 0 Å². The van der Waals surface area contributed by atoms with Crippen molar-refractivity contribution in [3.63, 3.8) is 0 Å². The van der Waals surface area contributed by atoms with Gasteiger partial charge in [0.25, 0.3) is 0 Å². The average molecular weight is 224 g/mol. The van der Waals surface area contributed by atoms with Gasteiger partial charge in [0.05, 0.1) is 5.41 Å². The van der Waals surface area contributed by atoms with Gasteiger partial charge in [-0.15, -0.1) is 0 Å². The number of nitrogens with one attached hydrogen (secondary N) is 1. The predicted octanol–water partition coefficient (Wildman–Crippen LogP) is 1.63. The molecule has 3 nitrogen and oxygen atoms in total. The summed E-state index contributed by atoms with van der Waals surface area (Å²) < 4.78 is 0. The second kappa shape index (κ2) is 4.74. The van der Waals surface area contributed by atoms with Crippen LogP contribution in [0.2, 0.25) is 0 Å². The van der Waals surface area contributed by atoms with Gasteiger partial charge in [0.15, 0.2) is 0 Å². The maximum absolute atomic E-state index is 12.6. The normalized spacial score (nSPS) is 33.5. The first-order chi connectivity index (χ1) is 7.70. The van der Waals surface area contributed by atoms with Crippen LogP contribution in [0.25, 0.3) is 0 Å². The Kier molecular flexibility index (Phi) is 3.53. The molecule has 1 aliphatic heterocycles. The number of fused-ring (bicyclic) bond motifs is 1. The number of hydrogen-bond acceptors (Lipinski definition) is 2. The third-order valence-electron chi connectivity index (χ3n) is 4.37. The van der Waals surface area contributed by atoms with Crippen molar-refractivity contribution in [3.05, 3.63) is 0 Å². The van der Waals surface area contributed by atoms with Gasteiger partial charge in [-0.25, -0.2) is 0 Å². The summed E-state index contributed by atoms with van der Waals surface area (Å²) in [5.41, 5.74) is -0.0534. The Bertz CT molecular complexity index is 267. The minimum Gasteiger partial charge on any atom is -0.345 e. The molecule has 1 saturated carbocycles. The molecule has 2 atom stereocenters. The third kappa shape index (κ3) is 1.86. The van der Waals surface area contributed by atoms with Crippen molar-refractivity contribution < 1.29 is 4.79 Å². The maximum Gasteiger partial charge on any atom is 0.230 e. The standard InChI is InChI=1S/C13H24N2O/c1-3-8-15(2)12(16)13-7-5-4-6-11(13)9-14-10-13/h11,14H,3-10H2,1-2H3/t11-,13+/m0/s1. The zero-order valence-corrected chi connectivity index (χ0v) is 10.6. The van der Waals surface area contributed by atoms with Gasteiger partial charge in [-0.3, -0.25) is 4.79 Å². The van der Waals surface area contributed by atoms with Crippen molar-refractivity contribution in [1.29, 1.82) is 0 Å². The molecule has 16 heavy (non-hydrogen) atoms. The molecule has 1 aliphatic carbocycles. The van der Waals surface area contributed by atoms with Gasteiger partial charge in [0, 0.05) is 20.1 Å². The Labute approximate surface area is 98.6 Å². The summed E-state index contributed by atoms with van der Waals surface area (Å²) in [6.45, 7) is 4.98. The van der Waals surface area contributed by atoms with Crippen LogP contribution in [0, 0.1) is 11.3 Å². The van der Waals surface area contributed by atoms with E-state index in [-0.39, 0.29) is 5.41 Å². The first-order valence-corrected chi connectivity index (χ1v) is 6.67. The number of carbonyl (C=O) groups is 1. The zero-order chi connectivity index (χ0) is 11.6. The van der Waals surface area contributed by atoms with Gasteiger partial charge in [-0.05, 0) is 31.7 Å². The molecule has 2 rings (SSSR count). The van der Waals surface area contributed by atoms with Gasteiger partial charge in [0.1, 0.15) is 0 Å². The lowest BCUT2D eigenvalue weighted by atomic mass is 9.67. The fraction of sp³-hybridized carbons (Fsp3) is 0.923. The van der Waals surface area contributed by atoms with Crippen LogP contribution in [0.5, 0.6) is 0 Å². The van der Waals surface area contributed by atoms with Crippen molar-refractivity contribution in [1.82, 2.24) is 10.2 Å². The maximum atomic E-state index is 12.6. The Morgan fingerprint density at radius 3 is 3.06 bits per heavy atom. The zero-order valence-electron chi connectivity index (χ0n) is 10.6. The van der Waals surface area contributed by atoms with E-state index >= 15 is 0 Å². The molecule has 0 aromatic carbocycles. The van der Waals surface area contributed by atoms with E-state index in [9.17, 15) is 4.79 Å². The highest BCUT2D eigenvalue weighted by Crippen LogP contribution is 2.44. The van der Waals surface area contributed by atoms with Crippen LogP contribution in [0.3, 0.4) is 0 Å². The van der Waals surface area contributed by atoms with Crippen LogP contribution < -0.4 is 5.32 Å². The lowest BCUT2D eigenvalue weighted by Crippen LogP contribution is -2.48. The number of carbonyl (C=O) groups excluding carboxylic acids is 1. The SMILES string of the molecule is CCCN(C)C(=O)[C@@]12CCCC[C@H]1CNC2. The molecular weight excluding hydrogens is 200 g/mol. The Morgan fingerprint density at radius 2 is 2.31 bits per heavy atom. The lowest BCUT2D eigenvalue weighted by Gasteiger charge is -2.39. The van der Waals surface area contributed by atoms with E-state index in [4.69, 9.17) is 0 Å². The summed E-state index contributed by atoms with van der Waals surface area (Å²) in [7, 11) is 1.96. The molecule has 92 valence electrons. The molecule has 1 saturated heterocycles. The molecule has 2 fully saturated rings. The summed E-state index contributed by atoms with van der Waals surface area (Å²) in [6.07, 6.45) is 5.91. The van der Waals surface area contributed by atoms with Crippen molar-refractivity contribution in [3.8, 4) is 0 Å². The highest BCUT2D eigenvalue weighted by Gasteiger charge is 2.50. The summed E-state index contributed by atoms with van der Waals surface area (Å²) in [5, 5.41) is 3.44. The van der Waals surface area contributed by atoms with Crippen molar-refractivity contribution in [2.24, 2.45) is 11.3 Å². The second-order valence-electron chi connectivity index (χ2n) is 5.46. The van der Waals surface area contributed by atoms with Gasteiger partial charge < -0.3 is 10.2 Å². The van der Waals surface area contributed by atoms with Crippen LogP contribution in [0.15, 0.2) is 0 Å². The fourth-order valence-electron chi connectivity index (χ4n) is 3.49. The molecule has 0 aromatic rings.